The van der Waals surface area contributed by atoms with Gasteiger partial charge in [-0.1, -0.05) is 65.3 Å². The average molecular weight is 391 g/mol. The minimum Gasteiger partial charge on any atom is -0.404 e. The van der Waals surface area contributed by atoms with Crippen LogP contribution in [0.3, 0.4) is 0 Å². The summed E-state index contributed by atoms with van der Waals surface area (Å²) in [5, 5.41) is 1.17. The topological polar surface area (TPSA) is 52.1 Å². The molecule has 0 aliphatic rings. The number of carbonyl (C=O) groups is 1. The van der Waals surface area contributed by atoms with Crippen LogP contribution in [0.25, 0.3) is 11.3 Å². The molecule has 4 nitrogen and oxygen atoms in total. The van der Waals surface area contributed by atoms with E-state index in [0.717, 1.165) is 5.56 Å². The molecule has 25 heavy (non-hydrogen) atoms. The summed E-state index contributed by atoms with van der Waals surface area (Å²) in [6.45, 7) is 0. The van der Waals surface area contributed by atoms with Crippen LogP contribution in [0, 0.1) is 0 Å². The molecule has 3 rings (SSSR count). The van der Waals surface area contributed by atoms with E-state index in [2.05, 4.69) is 9.97 Å². The van der Waals surface area contributed by atoms with Crippen molar-refractivity contribution in [1.82, 2.24) is 9.97 Å². The Morgan fingerprint density at radius 1 is 1.00 bits per heavy atom. The zero-order valence-corrected chi connectivity index (χ0v) is 15.4. The lowest BCUT2D eigenvalue weighted by Gasteiger charge is -2.08. The van der Waals surface area contributed by atoms with Gasteiger partial charge in [0.1, 0.15) is 0 Å². The van der Waals surface area contributed by atoms with Gasteiger partial charge in [0.2, 0.25) is 5.88 Å². The summed E-state index contributed by atoms with van der Waals surface area (Å²) in [5.74, 6) is -0.391. The van der Waals surface area contributed by atoms with E-state index in [0.29, 0.717) is 21.4 Å². The number of thioether (sulfide) groups is 1. The standard InChI is InChI=1S/C18H12Cl2N2O2S/c1-25-18-21-15(11-5-3-2-4-6-11)10-16(22-18)24-17(23)12-7-8-13(19)14(20)9-12/h2-10H,1H3. The predicted octanol–water partition coefficient (Wildman–Crippen LogP) is 5.39. The molecular formula is C18H12Cl2N2O2S. The molecule has 1 heterocycles. The van der Waals surface area contributed by atoms with E-state index in [1.54, 1.807) is 18.2 Å². The SMILES string of the molecule is CSc1nc(OC(=O)c2ccc(Cl)c(Cl)c2)cc(-c2ccccc2)n1. The molecule has 2 aromatic carbocycles. The molecule has 0 radical (unpaired) electrons. The fraction of sp³-hybridized carbons (Fsp3) is 0.0556. The third-order valence-electron chi connectivity index (χ3n) is 3.29. The summed E-state index contributed by atoms with van der Waals surface area (Å²) in [4.78, 5) is 21.0. The van der Waals surface area contributed by atoms with Crippen LogP contribution in [-0.2, 0) is 0 Å². The Morgan fingerprint density at radius 2 is 1.76 bits per heavy atom. The Kier molecular flexibility index (Phi) is 5.58. The Bertz CT molecular complexity index is 920. The molecule has 0 aliphatic carbocycles. The number of nitrogens with zero attached hydrogens (tertiary/aromatic N) is 2. The highest BCUT2D eigenvalue weighted by atomic mass is 35.5. The number of rotatable bonds is 4. The summed E-state index contributed by atoms with van der Waals surface area (Å²) in [5.41, 5.74) is 1.88. The maximum absolute atomic E-state index is 12.3. The first-order valence-corrected chi connectivity index (χ1v) is 9.20. The Labute approximate surface area is 159 Å². The van der Waals surface area contributed by atoms with E-state index in [4.69, 9.17) is 27.9 Å². The first-order valence-electron chi connectivity index (χ1n) is 7.22. The van der Waals surface area contributed by atoms with Crippen LogP contribution in [-0.4, -0.2) is 22.2 Å². The summed E-state index contributed by atoms with van der Waals surface area (Å²) < 4.78 is 5.39. The van der Waals surface area contributed by atoms with E-state index in [-0.39, 0.29) is 10.9 Å². The normalized spacial score (nSPS) is 10.5. The molecule has 3 aromatic rings. The molecule has 0 atom stereocenters. The molecule has 0 aliphatic heterocycles. The van der Waals surface area contributed by atoms with E-state index < -0.39 is 5.97 Å². The highest BCUT2D eigenvalue weighted by Gasteiger charge is 2.14. The molecule has 0 fully saturated rings. The minimum atomic E-state index is -0.566. The number of hydrogen-bond acceptors (Lipinski definition) is 5. The van der Waals surface area contributed by atoms with Crippen LogP contribution in [0.15, 0.2) is 59.8 Å². The van der Waals surface area contributed by atoms with Gasteiger partial charge in [0, 0.05) is 11.6 Å². The first kappa shape index (κ1) is 17.7. The quantitative estimate of drug-likeness (QED) is 0.339. The van der Waals surface area contributed by atoms with Gasteiger partial charge in [-0.2, -0.15) is 4.98 Å². The number of ether oxygens (including phenoxy) is 1. The van der Waals surface area contributed by atoms with Crippen molar-refractivity contribution in [3.63, 3.8) is 0 Å². The number of aromatic nitrogens is 2. The van der Waals surface area contributed by atoms with Gasteiger partial charge in [-0.15, -0.1) is 0 Å². The van der Waals surface area contributed by atoms with Gasteiger partial charge in [0.25, 0.3) is 0 Å². The highest BCUT2D eigenvalue weighted by Crippen LogP contribution is 2.26. The minimum absolute atomic E-state index is 0.175. The number of carbonyl (C=O) groups excluding carboxylic acids is 1. The average Bonchev–Trinajstić information content (AvgIpc) is 2.64. The molecule has 1 aromatic heterocycles. The Balaban J connectivity index is 1.91. The highest BCUT2D eigenvalue weighted by molar-refractivity contribution is 7.98. The van der Waals surface area contributed by atoms with Gasteiger partial charge in [0.15, 0.2) is 5.16 Å². The fourth-order valence-electron chi connectivity index (χ4n) is 2.08. The lowest BCUT2D eigenvalue weighted by Crippen LogP contribution is -2.10. The van der Waals surface area contributed by atoms with Gasteiger partial charge in [-0.3, -0.25) is 0 Å². The zero-order valence-electron chi connectivity index (χ0n) is 13.1. The van der Waals surface area contributed by atoms with Crippen molar-refractivity contribution in [2.45, 2.75) is 5.16 Å². The number of halogens is 2. The Morgan fingerprint density at radius 3 is 2.44 bits per heavy atom. The van der Waals surface area contributed by atoms with Gasteiger partial charge in [-0.25, -0.2) is 9.78 Å². The summed E-state index contributed by atoms with van der Waals surface area (Å²) in [7, 11) is 0. The second kappa shape index (κ2) is 7.87. The molecule has 0 amide bonds. The number of hydrogen-bond donors (Lipinski definition) is 0. The van der Waals surface area contributed by atoms with E-state index in [1.807, 2.05) is 36.6 Å². The lowest BCUT2D eigenvalue weighted by molar-refractivity contribution is 0.0726. The molecule has 0 bridgehead atoms. The lowest BCUT2D eigenvalue weighted by atomic mass is 10.1. The van der Waals surface area contributed by atoms with Crippen molar-refractivity contribution in [2.75, 3.05) is 6.26 Å². The molecule has 0 spiro atoms. The maximum atomic E-state index is 12.3. The van der Waals surface area contributed by atoms with Crippen molar-refractivity contribution in [3.05, 3.63) is 70.2 Å². The summed E-state index contributed by atoms with van der Waals surface area (Å²) in [6.07, 6.45) is 1.86. The molecule has 0 unspecified atom stereocenters. The second-order valence-corrected chi connectivity index (χ2v) is 6.55. The monoisotopic (exact) mass is 390 g/mol. The molecule has 0 N–H and O–H groups in total. The predicted molar refractivity (Wildman–Crippen MR) is 101 cm³/mol. The van der Waals surface area contributed by atoms with Crippen LogP contribution in [0.4, 0.5) is 0 Å². The van der Waals surface area contributed by atoms with Crippen molar-refractivity contribution in [1.29, 1.82) is 0 Å². The van der Waals surface area contributed by atoms with Crippen molar-refractivity contribution >= 4 is 40.9 Å². The largest absolute Gasteiger partial charge is 0.404 e. The smallest absolute Gasteiger partial charge is 0.344 e. The third kappa shape index (κ3) is 4.31. The van der Waals surface area contributed by atoms with Crippen LogP contribution in [0.2, 0.25) is 10.0 Å². The van der Waals surface area contributed by atoms with Crippen molar-refractivity contribution in [2.24, 2.45) is 0 Å². The van der Waals surface area contributed by atoms with Gasteiger partial charge in [-0.05, 0) is 24.5 Å². The second-order valence-electron chi connectivity index (χ2n) is 4.96. The van der Waals surface area contributed by atoms with Crippen LogP contribution in [0.1, 0.15) is 10.4 Å². The van der Waals surface area contributed by atoms with Gasteiger partial charge >= 0.3 is 5.97 Å². The van der Waals surface area contributed by atoms with Gasteiger partial charge < -0.3 is 4.74 Å². The van der Waals surface area contributed by atoms with Gasteiger partial charge in [0.05, 0.1) is 21.3 Å². The number of esters is 1. The van der Waals surface area contributed by atoms with Crippen LogP contribution >= 0.6 is 35.0 Å². The van der Waals surface area contributed by atoms with Crippen molar-refractivity contribution < 1.29 is 9.53 Å². The van der Waals surface area contributed by atoms with Crippen LogP contribution < -0.4 is 4.74 Å². The molecule has 126 valence electrons. The number of benzene rings is 2. The van der Waals surface area contributed by atoms with E-state index in [1.165, 1.54) is 17.8 Å². The first-order chi connectivity index (χ1) is 12.1. The van der Waals surface area contributed by atoms with Crippen LogP contribution in [0.5, 0.6) is 5.88 Å². The molecule has 7 heteroatoms. The summed E-state index contributed by atoms with van der Waals surface area (Å²) in [6, 6.07) is 15.8. The maximum Gasteiger partial charge on any atom is 0.344 e. The summed E-state index contributed by atoms with van der Waals surface area (Å²) >= 11 is 13.2. The third-order valence-corrected chi connectivity index (χ3v) is 4.57. The van der Waals surface area contributed by atoms with E-state index in [9.17, 15) is 4.79 Å². The molecular weight excluding hydrogens is 379 g/mol. The zero-order chi connectivity index (χ0) is 17.8. The van der Waals surface area contributed by atoms with Crippen molar-refractivity contribution in [3.8, 4) is 17.1 Å². The fourth-order valence-corrected chi connectivity index (χ4v) is 2.75. The molecule has 0 saturated heterocycles. The Hall–Kier alpha value is -2.08. The molecule has 0 saturated carbocycles. The van der Waals surface area contributed by atoms with E-state index >= 15 is 0 Å².